The van der Waals surface area contributed by atoms with Crippen molar-refractivity contribution in [1.82, 2.24) is 0 Å². The molecule has 0 aliphatic rings. The summed E-state index contributed by atoms with van der Waals surface area (Å²) in [6.45, 7) is 1.35. The lowest BCUT2D eigenvalue weighted by Gasteiger charge is -2.16. The van der Waals surface area contributed by atoms with Crippen LogP contribution < -0.4 is 10.1 Å². The molecule has 1 unspecified atom stereocenters. The summed E-state index contributed by atoms with van der Waals surface area (Å²) in [4.78, 5) is 12.1. The van der Waals surface area contributed by atoms with Crippen LogP contribution in [0.15, 0.2) is 48.5 Å². The van der Waals surface area contributed by atoms with Gasteiger partial charge in [0.25, 0.3) is 5.91 Å². The van der Waals surface area contributed by atoms with Gasteiger partial charge in [0.05, 0.1) is 6.61 Å². The minimum atomic E-state index is -0.867. The molecule has 1 amide bonds. The standard InChI is InChI=1S/C16H16FNO3/c1-11(21-15-9-5-3-7-13(15)17)16(20)18-14-8-4-2-6-12(14)10-19/h2-9,11,19H,10H2,1H3,(H,18,20). The molecule has 0 fully saturated rings. The molecule has 2 N–H and O–H groups in total. The molecule has 0 saturated carbocycles. The molecule has 4 nitrogen and oxygen atoms in total. The minimum absolute atomic E-state index is 0.0237. The van der Waals surface area contributed by atoms with Crippen LogP contribution in [0.1, 0.15) is 12.5 Å². The molecule has 0 aliphatic carbocycles. The van der Waals surface area contributed by atoms with E-state index in [4.69, 9.17) is 4.74 Å². The first-order valence-corrected chi connectivity index (χ1v) is 6.52. The Balaban J connectivity index is 2.05. The number of halogens is 1. The topological polar surface area (TPSA) is 58.6 Å². The van der Waals surface area contributed by atoms with Gasteiger partial charge < -0.3 is 15.2 Å². The minimum Gasteiger partial charge on any atom is -0.478 e. The summed E-state index contributed by atoms with van der Waals surface area (Å²) < 4.78 is 18.8. The maximum Gasteiger partial charge on any atom is 0.265 e. The van der Waals surface area contributed by atoms with E-state index in [1.165, 1.54) is 19.1 Å². The van der Waals surface area contributed by atoms with Crippen molar-refractivity contribution in [3.05, 3.63) is 59.9 Å². The maximum absolute atomic E-state index is 13.5. The van der Waals surface area contributed by atoms with Gasteiger partial charge in [0.2, 0.25) is 0 Å². The van der Waals surface area contributed by atoms with Crippen LogP contribution in [0.25, 0.3) is 0 Å². The van der Waals surface area contributed by atoms with Crippen molar-refractivity contribution < 1.29 is 19.0 Å². The number of rotatable bonds is 5. The number of ether oxygens (including phenoxy) is 1. The van der Waals surface area contributed by atoms with Gasteiger partial charge in [0, 0.05) is 11.3 Å². The molecule has 0 aromatic heterocycles. The van der Waals surface area contributed by atoms with Gasteiger partial charge >= 0.3 is 0 Å². The normalized spacial score (nSPS) is 11.8. The van der Waals surface area contributed by atoms with E-state index < -0.39 is 17.8 Å². The Kier molecular flexibility index (Phi) is 4.90. The van der Waals surface area contributed by atoms with Crippen molar-refractivity contribution in [1.29, 1.82) is 0 Å². The summed E-state index contributed by atoms with van der Waals surface area (Å²) in [5, 5.41) is 11.9. The highest BCUT2D eigenvalue weighted by Crippen LogP contribution is 2.19. The van der Waals surface area contributed by atoms with Gasteiger partial charge in [-0.1, -0.05) is 30.3 Å². The van der Waals surface area contributed by atoms with E-state index in [1.807, 2.05) is 0 Å². The SMILES string of the molecule is CC(Oc1ccccc1F)C(=O)Nc1ccccc1CO. The van der Waals surface area contributed by atoms with Gasteiger partial charge in [-0.3, -0.25) is 4.79 Å². The predicted octanol–water partition coefficient (Wildman–Crippen LogP) is 2.72. The Morgan fingerprint density at radius 2 is 1.90 bits per heavy atom. The Morgan fingerprint density at radius 1 is 1.24 bits per heavy atom. The van der Waals surface area contributed by atoms with Crippen LogP contribution in [0.4, 0.5) is 10.1 Å². The number of aliphatic hydroxyl groups excluding tert-OH is 1. The number of carbonyl (C=O) groups excluding carboxylic acids is 1. The first kappa shape index (κ1) is 15.0. The zero-order valence-electron chi connectivity index (χ0n) is 11.5. The fraction of sp³-hybridized carbons (Fsp3) is 0.188. The third kappa shape index (κ3) is 3.79. The lowest BCUT2D eigenvalue weighted by Crippen LogP contribution is -2.30. The quantitative estimate of drug-likeness (QED) is 0.889. The highest BCUT2D eigenvalue weighted by Gasteiger charge is 2.17. The summed E-state index contributed by atoms with van der Waals surface area (Å²) in [6.07, 6.45) is -0.867. The highest BCUT2D eigenvalue weighted by atomic mass is 19.1. The molecule has 0 saturated heterocycles. The lowest BCUT2D eigenvalue weighted by molar-refractivity contribution is -0.122. The molecular weight excluding hydrogens is 273 g/mol. The molecule has 2 rings (SSSR count). The van der Waals surface area contributed by atoms with E-state index >= 15 is 0 Å². The van der Waals surface area contributed by atoms with Crippen molar-refractivity contribution >= 4 is 11.6 Å². The van der Waals surface area contributed by atoms with Crippen LogP contribution in [0.3, 0.4) is 0 Å². The third-order valence-corrected chi connectivity index (χ3v) is 2.96. The second kappa shape index (κ2) is 6.85. The first-order valence-electron chi connectivity index (χ1n) is 6.52. The van der Waals surface area contributed by atoms with Crippen LogP contribution in [-0.2, 0) is 11.4 Å². The average Bonchev–Trinajstić information content (AvgIpc) is 2.50. The van der Waals surface area contributed by atoms with Gasteiger partial charge in [-0.25, -0.2) is 4.39 Å². The maximum atomic E-state index is 13.5. The zero-order chi connectivity index (χ0) is 15.2. The fourth-order valence-corrected chi connectivity index (χ4v) is 1.80. The van der Waals surface area contributed by atoms with Gasteiger partial charge in [-0.05, 0) is 25.1 Å². The van der Waals surface area contributed by atoms with Gasteiger partial charge in [-0.2, -0.15) is 0 Å². The number of anilines is 1. The van der Waals surface area contributed by atoms with Crippen molar-refractivity contribution in [3.8, 4) is 5.75 Å². The molecule has 2 aromatic rings. The summed E-state index contributed by atoms with van der Waals surface area (Å²) in [6, 6.07) is 12.8. The second-order valence-electron chi connectivity index (χ2n) is 4.50. The second-order valence-corrected chi connectivity index (χ2v) is 4.50. The average molecular weight is 289 g/mol. The molecule has 2 aromatic carbocycles. The fourth-order valence-electron chi connectivity index (χ4n) is 1.80. The van der Waals surface area contributed by atoms with Crippen molar-refractivity contribution in [2.45, 2.75) is 19.6 Å². The molecule has 0 heterocycles. The monoisotopic (exact) mass is 289 g/mol. The number of carbonyl (C=O) groups is 1. The molecule has 0 radical (unpaired) electrons. The van der Waals surface area contributed by atoms with Crippen molar-refractivity contribution in [2.75, 3.05) is 5.32 Å². The van der Waals surface area contributed by atoms with E-state index in [2.05, 4.69) is 5.32 Å². The van der Waals surface area contributed by atoms with Crippen molar-refractivity contribution in [2.24, 2.45) is 0 Å². The number of benzene rings is 2. The molecular formula is C16H16FNO3. The van der Waals surface area contributed by atoms with E-state index in [0.29, 0.717) is 11.3 Å². The van der Waals surface area contributed by atoms with E-state index in [1.54, 1.807) is 36.4 Å². The van der Waals surface area contributed by atoms with Crippen LogP contribution in [0, 0.1) is 5.82 Å². The van der Waals surface area contributed by atoms with Gasteiger partial charge in [-0.15, -0.1) is 0 Å². The largest absolute Gasteiger partial charge is 0.478 e. The number of para-hydroxylation sites is 2. The van der Waals surface area contributed by atoms with E-state index in [0.717, 1.165) is 0 Å². The van der Waals surface area contributed by atoms with Crippen LogP contribution in [0.2, 0.25) is 0 Å². The van der Waals surface area contributed by atoms with E-state index in [9.17, 15) is 14.3 Å². The Hall–Kier alpha value is -2.40. The highest BCUT2D eigenvalue weighted by molar-refractivity contribution is 5.94. The van der Waals surface area contributed by atoms with Gasteiger partial charge in [0.1, 0.15) is 0 Å². The number of amides is 1. The Labute approximate surface area is 122 Å². The van der Waals surface area contributed by atoms with Crippen LogP contribution in [0.5, 0.6) is 5.75 Å². The molecule has 5 heteroatoms. The van der Waals surface area contributed by atoms with Crippen molar-refractivity contribution in [3.63, 3.8) is 0 Å². The van der Waals surface area contributed by atoms with Crippen LogP contribution in [-0.4, -0.2) is 17.1 Å². The summed E-state index contributed by atoms with van der Waals surface area (Å²) >= 11 is 0. The summed E-state index contributed by atoms with van der Waals surface area (Å²) in [5.74, 6) is -0.914. The zero-order valence-corrected chi connectivity index (χ0v) is 11.5. The molecule has 0 spiro atoms. The molecule has 0 bridgehead atoms. The Morgan fingerprint density at radius 3 is 2.62 bits per heavy atom. The molecule has 110 valence electrons. The molecule has 1 atom stereocenters. The molecule has 21 heavy (non-hydrogen) atoms. The number of hydrogen-bond donors (Lipinski definition) is 2. The predicted molar refractivity (Wildman–Crippen MR) is 77.5 cm³/mol. The first-order chi connectivity index (χ1) is 10.1. The Bertz CT molecular complexity index is 630. The smallest absolute Gasteiger partial charge is 0.265 e. The molecule has 0 aliphatic heterocycles. The lowest BCUT2D eigenvalue weighted by atomic mass is 10.2. The number of nitrogens with one attached hydrogen (secondary N) is 1. The summed E-state index contributed by atoms with van der Waals surface area (Å²) in [5.41, 5.74) is 1.11. The van der Waals surface area contributed by atoms with E-state index in [-0.39, 0.29) is 12.4 Å². The van der Waals surface area contributed by atoms with Gasteiger partial charge in [0.15, 0.2) is 17.7 Å². The van der Waals surface area contributed by atoms with Crippen LogP contribution >= 0.6 is 0 Å². The summed E-state index contributed by atoms with van der Waals surface area (Å²) in [7, 11) is 0. The number of aliphatic hydroxyl groups is 1. The number of hydrogen-bond acceptors (Lipinski definition) is 3. The third-order valence-electron chi connectivity index (χ3n) is 2.96.